The Kier molecular flexibility index (Phi) is 8.06. The van der Waals surface area contributed by atoms with Crippen LogP contribution >= 0.6 is 0 Å². The fourth-order valence-corrected chi connectivity index (χ4v) is 4.53. The van der Waals surface area contributed by atoms with Crippen molar-refractivity contribution in [1.29, 1.82) is 0 Å². The lowest BCUT2D eigenvalue weighted by Gasteiger charge is -2.30. The van der Waals surface area contributed by atoms with Crippen molar-refractivity contribution in [3.63, 3.8) is 0 Å². The van der Waals surface area contributed by atoms with Crippen LogP contribution < -0.4 is 16.0 Å². The largest absolute Gasteiger partial charge is 0.356 e. The molecule has 0 saturated carbocycles. The number of hydrogen-bond donors (Lipinski definition) is 2. The van der Waals surface area contributed by atoms with Crippen LogP contribution in [0, 0.1) is 5.92 Å². The Balaban J connectivity index is 1.79. The van der Waals surface area contributed by atoms with E-state index in [-0.39, 0.29) is 6.04 Å². The molecule has 28 heavy (non-hydrogen) atoms. The summed E-state index contributed by atoms with van der Waals surface area (Å²) < 4.78 is 0. The van der Waals surface area contributed by atoms with Crippen LogP contribution in [0.1, 0.15) is 75.5 Å². The molecule has 3 N–H and O–H groups in total. The van der Waals surface area contributed by atoms with Gasteiger partial charge in [-0.25, -0.2) is 9.97 Å². The highest BCUT2D eigenvalue weighted by molar-refractivity contribution is 5.50. The monoisotopic (exact) mass is 388 g/mol. The van der Waals surface area contributed by atoms with Crippen molar-refractivity contribution in [2.24, 2.45) is 11.7 Å². The van der Waals surface area contributed by atoms with Crippen LogP contribution in [0.4, 0.5) is 5.82 Å². The second-order valence-corrected chi connectivity index (χ2v) is 8.67. The third kappa shape index (κ3) is 5.43. The Morgan fingerprint density at radius 1 is 1.07 bits per heavy atom. The van der Waals surface area contributed by atoms with E-state index in [0.717, 1.165) is 63.2 Å². The van der Waals surface area contributed by atoms with Crippen LogP contribution in [0.25, 0.3) is 0 Å². The SMILES string of the molecule is CCC(CC)CN(C)CC(N)c1nc2c(c(N3CCCCCC3)n1)CNCC2. The minimum Gasteiger partial charge on any atom is -0.356 e. The van der Waals surface area contributed by atoms with Crippen LogP contribution in [0.15, 0.2) is 0 Å². The number of nitrogens with two attached hydrogens (primary N) is 1. The summed E-state index contributed by atoms with van der Waals surface area (Å²) in [6.07, 6.45) is 8.58. The van der Waals surface area contributed by atoms with Gasteiger partial charge in [-0.15, -0.1) is 0 Å². The van der Waals surface area contributed by atoms with Crippen molar-refractivity contribution in [3.05, 3.63) is 17.1 Å². The van der Waals surface area contributed by atoms with E-state index in [1.165, 1.54) is 49.8 Å². The molecular formula is C22H40N6. The van der Waals surface area contributed by atoms with Gasteiger partial charge in [0.15, 0.2) is 0 Å². The Bertz CT molecular complexity index is 607. The Morgan fingerprint density at radius 3 is 2.46 bits per heavy atom. The zero-order chi connectivity index (χ0) is 19.9. The Morgan fingerprint density at radius 2 is 1.79 bits per heavy atom. The smallest absolute Gasteiger partial charge is 0.149 e. The third-order valence-electron chi connectivity index (χ3n) is 6.40. The number of anilines is 1. The maximum Gasteiger partial charge on any atom is 0.149 e. The third-order valence-corrected chi connectivity index (χ3v) is 6.40. The summed E-state index contributed by atoms with van der Waals surface area (Å²) in [5.41, 5.74) is 9.13. The standard InChI is InChI=1S/C22H40N6/c1-4-17(5-2)15-27(3)16-19(23)21-25-20-10-11-24-14-18(20)22(26-21)28-12-8-6-7-9-13-28/h17,19,24H,4-16,23H2,1-3H3. The van der Waals surface area contributed by atoms with Gasteiger partial charge in [-0.3, -0.25) is 0 Å². The quantitative estimate of drug-likeness (QED) is 0.714. The molecule has 2 aliphatic rings. The van der Waals surface area contributed by atoms with Crippen molar-refractivity contribution in [1.82, 2.24) is 20.2 Å². The Hall–Kier alpha value is -1.24. The van der Waals surface area contributed by atoms with Crippen molar-refractivity contribution in [2.45, 2.75) is 71.4 Å². The molecule has 3 heterocycles. The lowest BCUT2D eigenvalue weighted by Crippen LogP contribution is -2.36. The van der Waals surface area contributed by atoms with Gasteiger partial charge in [0.2, 0.25) is 0 Å². The van der Waals surface area contributed by atoms with Crippen molar-refractivity contribution in [3.8, 4) is 0 Å². The highest BCUT2D eigenvalue weighted by Crippen LogP contribution is 2.27. The zero-order valence-corrected chi connectivity index (χ0v) is 18.2. The molecule has 0 bridgehead atoms. The maximum atomic E-state index is 6.62. The average molecular weight is 389 g/mol. The highest BCUT2D eigenvalue weighted by atomic mass is 15.2. The first-order chi connectivity index (χ1) is 13.6. The molecule has 3 rings (SSSR count). The van der Waals surface area contributed by atoms with Gasteiger partial charge in [-0.1, -0.05) is 39.5 Å². The number of hydrogen-bond acceptors (Lipinski definition) is 6. The predicted octanol–water partition coefficient (Wildman–Crippen LogP) is 2.87. The fourth-order valence-electron chi connectivity index (χ4n) is 4.53. The molecule has 1 aromatic rings. The maximum absolute atomic E-state index is 6.62. The summed E-state index contributed by atoms with van der Waals surface area (Å²) in [6.45, 7) is 10.5. The molecule has 0 radical (unpaired) electrons. The van der Waals surface area contributed by atoms with Crippen molar-refractivity contribution < 1.29 is 0 Å². The fraction of sp³-hybridized carbons (Fsp3) is 0.818. The molecule has 6 heteroatoms. The van der Waals surface area contributed by atoms with E-state index in [1.807, 2.05) is 0 Å². The molecular weight excluding hydrogens is 348 g/mol. The molecule has 1 unspecified atom stereocenters. The van der Waals surface area contributed by atoms with Crippen molar-refractivity contribution >= 4 is 5.82 Å². The van der Waals surface area contributed by atoms with E-state index in [4.69, 9.17) is 15.7 Å². The summed E-state index contributed by atoms with van der Waals surface area (Å²) in [6, 6.07) is -0.134. The van der Waals surface area contributed by atoms with Crippen LogP contribution in [-0.2, 0) is 13.0 Å². The van der Waals surface area contributed by atoms with E-state index in [1.54, 1.807) is 0 Å². The molecule has 1 saturated heterocycles. The average Bonchev–Trinajstić information content (AvgIpc) is 3.00. The van der Waals surface area contributed by atoms with E-state index in [9.17, 15) is 0 Å². The van der Waals surface area contributed by atoms with Crippen LogP contribution in [0.3, 0.4) is 0 Å². The molecule has 0 amide bonds. The molecule has 2 aliphatic heterocycles. The van der Waals surface area contributed by atoms with Gasteiger partial charge in [0.1, 0.15) is 11.6 Å². The van der Waals surface area contributed by atoms with Crippen LogP contribution in [0.5, 0.6) is 0 Å². The summed E-state index contributed by atoms with van der Waals surface area (Å²) in [5, 5.41) is 3.51. The Labute approximate surface area is 171 Å². The number of nitrogens with one attached hydrogen (secondary N) is 1. The van der Waals surface area contributed by atoms with E-state index in [2.05, 4.69) is 36.0 Å². The molecule has 0 aromatic carbocycles. The molecule has 0 aliphatic carbocycles. The number of rotatable bonds is 8. The predicted molar refractivity (Wildman–Crippen MR) is 117 cm³/mol. The van der Waals surface area contributed by atoms with Gasteiger partial charge in [0.05, 0.1) is 11.7 Å². The van der Waals surface area contributed by atoms with E-state index in [0.29, 0.717) is 0 Å². The molecule has 1 fully saturated rings. The molecule has 0 spiro atoms. The molecule has 6 nitrogen and oxygen atoms in total. The second kappa shape index (κ2) is 10.5. The van der Waals surface area contributed by atoms with Gasteiger partial charge in [-0.2, -0.15) is 0 Å². The highest BCUT2D eigenvalue weighted by Gasteiger charge is 2.24. The summed E-state index contributed by atoms with van der Waals surface area (Å²) in [4.78, 5) is 14.8. The van der Waals surface area contributed by atoms with E-state index < -0.39 is 0 Å². The van der Waals surface area contributed by atoms with Gasteiger partial charge in [0, 0.05) is 51.3 Å². The zero-order valence-electron chi connectivity index (χ0n) is 18.2. The molecule has 1 aromatic heterocycles. The first-order valence-electron chi connectivity index (χ1n) is 11.4. The number of aromatic nitrogens is 2. The second-order valence-electron chi connectivity index (χ2n) is 8.67. The molecule has 158 valence electrons. The molecule has 1 atom stereocenters. The minimum absolute atomic E-state index is 0.134. The first-order valence-corrected chi connectivity index (χ1v) is 11.4. The van der Waals surface area contributed by atoms with Crippen molar-refractivity contribution in [2.75, 3.05) is 44.7 Å². The normalized spacial score (nSPS) is 19.0. The number of fused-ring (bicyclic) bond motifs is 1. The topological polar surface area (TPSA) is 70.3 Å². The van der Waals surface area contributed by atoms with E-state index >= 15 is 0 Å². The van der Waals surface area contributed by atoms with Gasteiger partial charge >= 0.3 is 0 Å². The minimum atomic E-state index is -0.134. The van der Waals surface area contributed by atoms with Crippen LogP contribution in [-0.4, -0.2) is 54.6 Å². The summed E-state index contributed by atoms with van der Waals surface area (Å²) >= 11 is 0. The lowest BCUT2D eigenvalue weighted by atomic mass is 10.0. The summed E-state index contributed by atoms with van der Waals surface area (Å²) in [7, 11) is 2.18. The van der Waals surface area contributed by atoms with Gasteiger partial charge < -0.3 is 20.9 Å². The first kappa shape index (κ1) is 21.5. The number of nitrogens with zero attached hydrogens (tertiary/aromatic N) is 4. The van der Waals surface area contributed by atoms with Gasteiger partial charge in [-0.05, 0) is 25.8 Å². The van der Waals surface area contributed by atoms with Gasteiger partial charge in [0.25, 0.3) is 0 Å². The van der Waals surface area contributed by atoms with Crippen LogP contribution in [0.2, 0.25) is 0 Å². The number of likely N-dealkylation sites (N-methyl/N-ethyl adjacent to an activating group) is 1. The summed E-state index contributed by atoms with van der Waals surface area (Å²) in [5.74, 6) is 2.71. The lowest BCUT2D eigenvalue weighted by molar-refractivity contribution is 0.251.